The van der Waals surface area contributed by atoms with Crippen molar-refractivity contribution in [1.29, 1.82) is 0 Å². The van der Waals surface area contributed by atoms with Gasteiger partial charge >= 0.3 is 0 Å². The highest BCUT2D eigenvalue weighted by molar-refractivity contribution is 6.04. The maximum atomic E-state index is 12.5. The van der Waals surface area contributed by atoms with Gasteiger partial charge in [0.2, 0.25) is 0 Å². The molecule has 0 bridgehead atoms. The summed E-state index contributed by atoms with van der Waals surface area (Å²) >= 11 is 0. The number of fused-ring (bicyclic) bond motifs is 2. The number of para-hydroxylation sites is 1. The van der Waals surface area contributed by atoms with Crippen molar-refractivity contribution < 1.29 is 14.3 Å². The van der Waals surface area contributed by atoms with Gasteiger partial charge in [0, 0.05) is 17.4 Å². The van der Waals surface area contributed by atoms with Crippen molar-refractivity contribution in [3.8, 4) is 11.5 Å². The van der Waals surface area contributed by atoms with Crippen LogP contribution < -0.4 is 20.3 Å². The Balaban J connectivity index is 1.40. The van der Waals surface area contributed by atoms with E-state index < -0.39 is 0 Å². The van der Waals surface area contributed by atoms with Crippen molar-refractivity contribution in [2.45, 2.75) is 25.9 Å². The van der Waals surface area contributed by atoms with Crippen LogP contribution in [0.2, 0.25) is 0 Å². The summed E-state index contributed by atoms with van der Waals surface area (Å²) in [5.41, 5.74) is 0.736. The van der Waals surface area contributed by atoms with Crippen LogP contribution in [0.3, 0.4) is 0 Å². The van der Waals surface area contributed by atoms with Gasteiger partial charge in [0.1, 0.15) is 12.2 Å². The molecule has 7 nitrogen and oxygen atoms in total. The highest BCUT2D eigenvalue weighted by Crippen LogP contribution is 2.41. The second-order valence-electron chi connectivity index (χ2n) is 7.33. The Bertz CT molecular complexity index is 1100. The van der Waals surface area contributed by atoms with E-state index in [1.165, 1.54) is 0 Å². The highest BCUT2D eigenvalue weighted by Gasteiger charge is 2.32. The molecule has 3 aromatic rings. The molecule has 2 N–H and O–H groups in total. The first-order valence-corrected chi connectivity index (χ1v) is 9.14. The van der Waals surface area contributed by atoms with Crippen LogP contribution in [0.4, 0.5) is 0 Å². The number of carbonyl (C=O) groups excluding carboxylic acids is 1. The summed E-state index contributed by atoms with van der Waals surface area (Å²) in [7, 11) is 0. The van der Waals surface area contributed by atoms with Crippen molar-refractivity contribution in [2.75, 3.05) is 13.2 Å². The summed E-state index contributed by atoms with van der Waals surface area (Å²) in [6.45, 7) is 4.66. The van der Waals surface area contributed by atoms with E-state index in [1.807, 2.05) is 32.0 Å². The molecule has 0 unspecified atom stereocenters. The van der Waals surface area contributed by atoms with Crippen LogP contribution in [-0.2, 0) is 6.42 Å². The predicted octanol–water partition coefficient (Wildman–Crippen LogP) is 2.45. The fourth-order valence-electron chi connectivity index (χ4n) is 3.40. The third-order valence-corrected chi connectivity index (χ3v) is 4.61. The summed E-state index contributed by atoms with van der Waals surface area (Å²) in [4.78, 5) is 24.3. The molecule has 0 spiro atoms. The third-order valence-electron chi connectivity index (χ3n) is 4.61. The Morgan fingerprint density at radius 2 is 2.00 bits per heavy atom. The van der Waals surface area contributed by atoms with Crippen LogP contribution in [0, 0.1) is 0 Å². The molecule has 1 aliphatic heterocycles. The molecule has 0 atom stereocenters. The minimum Gasteiger partial charge on any atom is -0.488 e. The number of hydrogen-bond donors (Lipinski definition) is 2. The number of H-pyrrole nitrogens is 1. The van der Waals surface area contributed by atoms with Crippen molar-refractivity contribution in [2.24, 2.45) is 0 Å². The third kappa shape index (κ3) is 3.43. The molecule has 0 saturated heterocycles. The number of aromatic nitrogens is 2. The van der Waals surface area contributed by atoms with E-state index >= 15 is 0 Å². The van der Waals surface area contributed by atoms with Crippen LogP contribution in [0.15, 0.2) is 47.3 Å². The maximum absolute atomic E-state index is 12.5. The summed E-state index contributed by atoms with van der Waals surface area (Å²) in [6, 6.07) is 12.7. The number of benzene rings is 2. The smallest absolute Gasteiger partial charge is 0.272 e. The van der Waals surface area contributed by atoms with Crippen LogP contribution in [-0.4, -0.2) is 34.9 Å². The molecule has 0 aliphatic carbocycles. The maximum Gasteiger partial charge on any atom is 0.272 e. The van der Waals surface area contributed by atoms with E-state index in [9.17, 15) is 9.59 Å². The average Bonchev–Trinajstić information content (AvgIpc) is 3.00. The van der Waals surface area contributed by atoms with Gasteiger partial charge < -0.3 is 14.8 Å². The second kappa shape index (κ2) is 6.99. The molecule has 0 saturated carbocycles. The first-order valence-electron chi connectivity index (χ1n) is 9.14. The second-order valence-corrected chi connectivity index (χ2v) is 7.33. The van der Waals surface area contributed by atoms with Gasteiger partial charge in [-0.05, 0) is 26.0 Å². The predicted molar refractivity (Wildman–Crippen MR) is 105 cm³/mol. The molecule has 28 heavy (non-hydrogen) atoms. The molecular formula is C21H21N3O4. The molecule has 2 heterocycles. The lowest BCUT2D eigenvalue weighted by Crippen LogP contribution is -2.30. The van der Waals surface area contributed by atoms with Crippen LogP contribution in [0.5, 0.6) is 11.5 Å². The number of amides is 1. The molecule has 144 valence electrons. The van der Waals surface area contributed by atoms with E-state index in [0.717, 1.165) is 17.7 Å². The summed E-state index contributed by atoms with van der Waals surface area (Å²) in [5.74, 6) is 1.07. The van der Waals surface area contributed by atoms with E-state index in [-0.39, 0.29) is 29.4 Å². The molecule has 0 fully saturated rings. The zero-order valence-electron chi connectivity index (χ0n) is 15.7. The van der Waals surface area contributed by atoms with E-state index in [4.69, 9.17) is 9.47 Å². The van der Waals surface area contributed by atoms with Gasteiger partial charge in [-0.3, -0.25) is 9.59 Å². The minimum atomic E-state index is -0.369. The van der Waals surface area contributed by atoms with Crippen molar-refractivity contribution >= 4 is 16.7 Å². The molecule has 4 rings (SSSR count). The topological polar surface area (TPSA) is 93.3 Å². The Hall–Kier alpha value is -3.35. The lowest BCUT2D eigenvalue weighted by molar-refractivity contribution is 0.0942. The zero-order chi connectivity index (χ0) is 19.7. The van der Waals surface area contributed by atoms with E-state index in [0.29, 0.717) is 23.1 Å². The Kier molecular flexibility index (Phi) is 4.50. The molecule has 0 radical (unpaired) electrons. The monoisotopic (exact) mass is 379 g/mol. The Morgan fingerprint density at radius 3 is 2.82 bits per heavy atom. The largest absolute Gasteiger partial charge is 0.488 e. The highest BCUT2D eigenvalue weighted by atomic mass is 16.5. The molecule has 1 aliphatic rings. The number of carbonyl (C=O) groups is 1. The van der Waals surface area contributed by atoms with Gasteiger partial charge in [-0.1, -0.05) is 30.3 Å². The molecular weight excluding hydrogens is 358 g/mol. The molecule has 1 amide bonds. The molecule has 1 aromatic heterocycles. The molecule has 2 aromatic carbocycles. The van der Waals surface area contributed by atoms with Crippen LogP contribution in [0.25, 0.3) is 10.8 Å². The fourth-order valence-corrected chi connectivity index (χ4v) is 3.40. The number of aromatic amines is 1. The number of rotatable bonds is 5. The van der Waals surface area contributed by atoms with Crippen LogP contribution in [0.1, 0.15) is 29.9 Å². The minimum absolute atomic E-state index is 0.181. The number of nitrogens with one attached hydrogen (secondary N) is 2. The number of hydrogen-bond acceptors (Lipinski definition) is 5. The average molecular weight is 379 g/mol. The zero-order valence-corrected chi connectivity index (χ0v) is 15.7. The SMILES string of the molecule is CC1(C)Cc2cccc(OCCNC(=O)c3n[nH]c(=O)c4ccccc34)c2O1. The van der Waals surface area contributed by atoms with E-state index in [1.54, 1.807) is 24.3 Å². The number of ether oxygens (including phenoxy) is 2. The summed E-state index contributed by atoms with van der Waals surface area (Å²) in [6.07, 6.45) is 0.835. The van der Waals surface area contributed by atoms with Crippen LogP contribution >= 0.6 is 0 Å². The normalized spacial score (nSPS) is 14.4. The lowest BCUT2D eigenvalue weighted by atomic mass is 10.0. The van der Waals surface area contributed by atoms with Crippen molar-refractivity contribution in [3.05, 3.63) is 64.1 Å². The fraction of sp³-hybridized carbons (Fsp3) is 0.286. The van der Waals surface area contributed by atoms with Crippen molar-refractivity contribution in [1.82, 2.24) is 15.5 Å². The van der Waals surface area contributed by atoms with Gasteiger partial charge in [-0.15, -0.1) is 0 Å². The van der Waals surface area contributed by atoms with Crippen molar-refractivity contribution in [3.63, 3.8) is 0 Å². The first-order chi connectivity index (χ1) is 13.4. The Labute approximate surface area is 161 Å². The van der Waals surface area contributed by atoms with Gasteiger partial charge in [0.25, 0.3) is 11.5 Å². The van der Waals surface area contributed by atoms with Gasteiger partial charge in [-0.25, -0.2) is 5.10 Å². The molecule has 7 heteroatoms. The van der Waals surface area contributed by atoms with Gasteiger partial charge in [0.05, 0.1) is 11.9 Å². The summed E-state index contributed by atoms with van der Waals surface area (Å²) < 4.78 is 11.8. The summed E-state index contributed by atoms with van der Waals surface area (Å²) in [5, 5.41) is 9.98. The lowest BCUT2D eigenvalue weighted by Gasteiger charge is -2.18. The first kappa shape index (κ1) is 18.0. The Morgan fingerprint density at radius 1 is 1.21 bits per heavy atom. The van der Waals surface area contributed by atoms with E-state index in [2.05, 4.69) is 15.5 Å². The quantitative estimate of drug-likeness (QED) is 0.664. The standard InChI is InChI=1S/C21H21N3O4/c1-21(2)12-13-6-5-9-16(18(13)28-21)27-11-10-22-20(26)17-14-7-3-4-8-15(14)19(25)24-23-17/h3-9H,10-12H2,1-2H3,(H,22,26)(H,24,25). The number of nitrogens with zero attached hydrogens (tertiary/aromatic N) is 1. The van der Waals surface area contributed by atoms with Gasteiger partial charge in [0.15, 0.2) is 17.2 Å². The van der Waals surface area contributed by atoms with Gasteiger partial charge in [-0.2, -0.15) is 5.10 Å².